The molecule has 0 saturated carbocycles. The Kier molecular flexibility index (Phi) is 6.58. The van der Waals surface area contributed by atoms with Crippen molar-refractivity contribution < 1.29 is 14.2 Å². The first-order valence-electron chi connectivity index (χ1n) is 5.19. The normalized spacial score (nSPS) is 10.1. The molecule has 3 nitrogen and oxygen atoms in total. The third-order valence-corrected chi connectivity index (χ3v) is 3.43. The van der Waals surface area contributed by atoms with Crippen molar-refractivity contribution in [3.8, 4) is 17.2 Å². The molecule has 0 aliphatic rings. The second kappa shape index (κ2) is 7.71. The van der Waals surface area contributed by atoms with Crippen molar-refractivity contribution in [2.24, 2.45) is 0 Å². The first kappa shape index (κ1) is 14.5. The lowest BCUT2D eigenvalue weighted by molar-refractivity contribution is 0.290. The average molecular weight is 321 g/mol. The fourth-order valence-electron chi connectivity index (χ4n) is 1.38. The Hall–Kier alpha value is -0.550. The summed E-state index contributed by atoms with van der Waals surface area (Å²) in [4.78, 5) is 0. The van der Waals surface area contributed by atoms with Gasteiger partial charge in [-0.15, -0.1) is 0 Å². The fraction of sp³-hybridized carbons (Fsp3) is 0.500. The summed E-state index contributed by atoms with van der Waals surface area (Å²) < 4.78 is 16.4. The van der Waals surface area contributed by atoms with E-state index in [0.717, 1.165) is 16.6 Å². The van der Waals surface area contributed by atoms with Gasteiger partial charge in [-0.1, -0.05) is 15.9 Å². The van der Waals surface area contributed by atoms with Gasteiger partial charge in [0, 0.05) is 11.1 Å². The molecule has 1 rings (SSSR count). The molecule has 0 heterocycles. The molecule has 0 fully saturated rings. The Morgan fingerprint density at radius 1 is 1.18 bits per heavy atom. The highest BCUT2D eigenvalue weighted by molar-refractivity contribution is 9.08. The number of rotatable bonds is 7. The summed E-state index contributed by atoms with van der Waals surface area (Å²) >= 11 is 5.16. The first-order chi connectivity index (χ1) is 8.26. The highest BCUT2D eigenvalue weighted by Crippen LogP contribution is 2.39. The molecule has 0 spiro atoms. The largest absolute Gasteiger partial charge is 0.493 e. The molecule has 0 aliphatic carbocycles. The molecule has 17 heavy (non-hydrogen) atoms. The van der Waals surface area contributed by atoms with Crippen LogP contribution in [0.25, 0.3) is 0 Å². The number of benzene rings is 1. The summed E-state index contributed by atoms with van der Waals surface area (Å²) in [5, 5.41) is 0.755. The first-order valence-corrected chi connectivity index (χ1v) is 7.71. The zero-order valence-corrected chi connectivity index (χ0v) is 12.7. The maximum absolute atomic E-state index is 5.70. The molecular weight excluding hydrogens is 304 g/mol. The van der Waals surface area contributed by atoms with Gasteiger partial charge in [0.15, 0.2) is 11.5 Å². The second-order valence-corrected chi connectivity index (χ2v) is 4.85. The van der Waals surface area contributed by atoms with Crippen LogP contribution in [-0.2, 0) is 5.33 Å². The van der Waals surface area contributed by atoms with Gasteiger partial charge in [0.2, 0.25) is 5.75 Å². The van der Waals surface area contributed by atoms with E-state index >= 15 is 0 Å². The minimum atomic E-state index is 0.640. The van der Waals surface area contributed by atoms with Crippen LogP contribution in [0, 0.1) is 0 Å². The van der Waals surface area contributed by atoms with E-state index in [0.29, 0.717) is 23.9 Å². The van der Waals surface area contributed by atoms with Crippen molar-refractivity contribution in [3.63, 3.8) is 0 Å². The molecule has 0 bridgehead atoms. The van der Waals surface area contributed by atoms with Crippen molar-refractivity contribution in [2.45, 2.75) is 5.33 Å². The molecule has 0 amide bonds. The van der Waals surface area contributed by atoms with E-state index in [4.69, 9.17) is 14.2 Å². The molecule has 0 N–H and O–H groups in total. The van der Waals surface area contributed by atoms with Gasteiger partial charge in [-0.2, -0.15) is 11.8 Å². The quantitative estimate of drug-likeness (QED) is 0.569. The van der Waals surface area contributed by atoms with Crippen LogP contribution in [-0.4, -0.2) is 32.8 Å². The Bertz CT molecular complexity index is 333. The number of thioether (sulfide) groups is 1. The van der Waals surface area contributed by atoms with Gasteiger partial charge in [-0.3, -0.25) is 0 Å². The van der Waals surface area contributed by atoms with Crippen molar-refractivity contribution in [3.05, 3.63) is 17.7 Å². The molecular formula is C12H17BrO3S. The molecule has 0 radical (unpaired) electrons. The number of hydrogen-bond acceptors (Lipinski definition) is 4. The Morgan fingerprint density at radius 2 is 1.76 bits per heavy atom. The van der Waals surface area contributed by atoms with Gasteiger partial charge >= 0.3 is 0 Å². The van der Waals surface area contributed by atoms with Crippen LogP contribution in [0.1, 0.15) is 5.56 Å². The van der Waals surface area contributed by atoms with Gasteiger partial charge in [0.1, 0.15) is 0 Å². The van der Waals surface area contributed by atoms with Gasteiger partial charge in [-0.05, 0) is 24.0 Å². The number of alkyl halides is 1. The van der Waals surface area contributed by atoms with E-state index in [1.54, 1.807) is 26.0 Å². The Balaban J connectivity index is 2.98. The molecule has 0 aliphatic heterocycles. The zero-order valence-electron chi connectivity index (χ0n) is 10.3. The van der Waals surface area contributed by atoms with E-state index in [2.05, 4.69) is 15.9 Å². The van der Waals surface area contributed by atoms with E-state index in [1.807, 2.05) is 18.4 Å². The Morgan fingerprint density at radius 3 is 2.18 bits per heavy atom. The summed E-state index contributed by atoms with van der Waals surface area (Å²) in [5.41, 5.74) is 1.09. The lowest BCUT2D eigenvalue weighted by Crippen LogP contribution is -2.03. The minimum Gasteiger partial charge on any atom is -0.493 e. The summed E-state index contributed by atoms with van der Waals surface area (Å²) in [5.74, 6) is 3.03. The maximum atomic E-state index is 5.70. The summed E-state index contributed by atoms with van der Waals surface area (Å²) in [6.45, 7) is 0.640. The van der Waals surface area contributed by atoms with Crippen LogP contribution in [0.4, 0.5) is 0 Å². The van der Waals surface area contributed by atoms with E-state index in [-0.39, 0.29) is 0 Å². The van der Waals surface area contributed by atoms with E-state index in [9.17, 15) is 0 Å². The molecule has 5 heteroatoms. The van der Waals surface area contributed by atoms with Crippen molar-refractivity contribution in [1.82, 2.24) is 0 Å². The number of hydrogen-bond donors (Lipinski definition) is 0. The predicted molar refractivity (Wildman–Crippen MR) is 76.1 cm³/mol. The van der Waals surface area contributed by atoms with Crippen LogP contribution < -0.4 is 14.2 Å². The van der Waals surface area contributed by atoms with Crippen LogP contribution in [0.2, 0.25) is 0 Å². The lowest BCUT2D eigenvalue weighted by Gasteiger charge is -2.15. The second-order valence-electron chi connectivity index (χ2n) is 3.30. The lowest BCUT2D eigenvalue weighted by atomic mass is 10.2. The number of ether oxygens (including phenoxy) is 3. The number of methoxy groups -OCH3 is 2. The van der Waals surface area contributed by atoms with Crippen LogP contribution in [0.15, 0.2) is 12.1 Å². The molecule has 0 saturated heterocycles. The van der Waals surface area contributed by atoms with Crippen LogP contribution >= 0.6 is 27.7 Å². The van der Waals surface area contributed by atoms with Gasteiger partial charge in [-0.25, -0.2) is 0 Å². The third kappa shape index (κ3) is 4.00. The summed E-state index contributed by atoms with van der Waals surface area (Å²) in [7, 11) is 3.27. The van der Waals surface area contributed by atoms with Crippen molar-refractivity contribution >= 4 is 27.7 Å². The molecule has 0 aromatic heterocycles. The van der Waals surface area contributed by atoms with Gasteiger partial charge < -0.3 is 14.2 Å². The monoisotopic (exact) mass is 320 g/mol. The fourth-order valence-corrected chi connectivity index (χ4v) is 1.95. The molecule has 0 unspecified atom stereocenters. The summed E-state index contributed by atoms with van der Waals surface area (Å²) in [6, 6.07) is 3.90. The highest BCUT2D eigenvalue weighted by Gasteiger charge is 2.13. The standard InChI is InChI=1S/C12H17BrO3S/c1-14-10-6-9(8-13)7-11(15-2)12(10)16-4-5-17-3/h6-7H,4-5,8H2,1-3H3. The molecule has 1 aromatic carbocycles. The Labute approximate surface area is 115 Å². The maximum Gasteiger partial charge on any atom is 0.203 e. The smallest absolute Gasteiger partial charge is 0.203 e. The molecule has 96 valence electrons. The van der Waals surface area contributed by atoms with Gasteiger partial charge in [0.05, 0.1) is 20.8 Å². The van der Waals surface area contributed by atoms with Gasteiger partial charge in [0.25, 0.3) is 0 Å². The predicted octanol–water partition coefficient (Wildman–Crippen LogP) is 3.34. The highest BCUT2D eigenvalue weighted by atomic mass is 79.9. The summed E-state index contributed by atoms with van der Waals surface area (Å²) in [6.07, 6.45) is 2.05. The minimum absolute atomic E-state index is 0.640. The van der Waals surface area contributed by atoms with E-state index < -0.39 is 0 Å². The van der Waals surface area contributed by atoms with E-state index in [1.165, 1.54) is 0 Å². The number of halogens is 1. The van der Waals surface area contributed by atoms with Crippen LogP contribution in [0.5, 0.6) is 17.2 Å². The topological polar surface area (TPSA) is 27.7 Å². The average Bonchev–Trinajstić information content (AvgIpc) is 2.38. The zero-order chi connectivity index (χ0) is 12.7. The molecule has 0 atom stereocenters. The van der Waals surface area contributed by atoms with Crippen LogP contribution in [0.3, 0.4) is 0 Å². The SMILES string of the molecule is COc1cc(CBr)cc(OC)c1OCCSC. The molecule has 1 aromatic rings. The van der Waals surface area contributed by atoms with Crippen molar-refractivity contribution in [2.75, 3.05) is 32.8 Å². The van der Waals surface area contributed by atoms with Crippen molar-refractivity contribution in [1.29, 1.82) is 0 Å². The third-order valence-electron chi connectivity index (χ3n) is 2.21.